The maximum absolute atomic E-state index is 12.2. The predicted octanol–water partition coefficient (Wildman–Crippen LogP) is 2.58. The summed E-state index contributed by atoms with van der Waals surface area (Å²) in [5, 5.41) is 5.44. The first-order valence-corrected chi connectivity index (χ1v) is 8.54. The minimum atomic E-state index is -4.79. The third-order valence-electron chi connectivity index (χ3n) is 3.15. The number of hydrogen-bond donors (Lipinski definition) is 0. The Morgan fingerprint density at radius 3 is 2.50 bits per heavy atom. The van der Waals surface area contributed by atoms with Gasteiger partial charge in [-0.3, -0.25) is 0 Å². The van der Waals surface area contributed by atoms with Crippen LogP contribution in [-0.2, 0) is 10.0 Å². The van der Waals surface area contributed by atoms with Gasteiger partial charge in [0.1, 0.15) is 10.9 Å². The predicted molar refractivity (Wildman–Crippen MR) is 82.3 cm³/mol. The van der Waals surface area contributed by atoms with E-state index in [9.17, 15) is 21.6 Å². The Balaban J connectivity index is 1.98. The molecular weight excluding hydrogens is 371 g/mol. The van der Waals surface area contributed by atoms with E-state index in [0.717, 1.165) is 12.1 Å². The van der Waals surface area contributed by atoms with Crippen molar-refractivity contribution in [2.45, 2.75) is 6.36 Å². The van der Waals surface area contributed by atoms with Crippen LogP contribution in [0, 0.1) is 0 Å². The molecule has 0 atom stereocenters. The van der Waals surface area contributed by atoms with Gasteiger partial charge in [-0.05, 0) is 23.8 Å². The molecule has 0 spiro atoms. The number of fused-ring (bicyclic) bond motifs is 1. The number of sulfonamides is 1. The van der Waals surface area contributed by atoms with Crippen molar-refractivity contribution in [1.29, 1.82) is 0 Å². The number of nitrogens with zero attached hydrogens (tertiary/aromatic N) is 3. The summed E-state index contributed by atoms with van der Waals surface area (Å²) in [6.45, 7) is 0.0873. The van der Waals surface area contributed by atoms with Crippen LogP contribution in [0.5, 0.6) is 5.75 Å². The van der Waals surface area contributed by atoms with Gasteiger partial charge < -0.3 is 4.74 Å². The van der Waals surface area contributed by atoms with E-state index in [4.69, 9.17) is 11.6 Å². The van der Waals surface area contributed by atoms with E-state index in [1.165, 1.54) is 23.2 Å². The molecule has 0 aromatic heterocycles. The van der Waals surface area contributed by atoms with Gasteiger partial charge >= 0.3 is 6.36 Å². The molecule has 0 N–H and O–H groups in total. The number of rotatable bonds is 2. The lowest BCUT2D eigenvalue weighted by atomic mass is 10.0. The minimum absolute atomic E-state index is 0.0788. The Morgan fingerprint density at radius 1 is 1.21 bits per heavy atom. The zero-order valence-electron chi connectivity index (χ0n) is 11.8. The summed E-state index contributed by atoms with van der Waals surface area (Å²) in [7, 11) is -3.62. The first-order valence-electron chi connectivity index (χ1n) is 6.55. The number of amidine groups is 1. The van der Waals surface area contributed by atoms with Gasteiger partial charge in [-0.1, -0.05) is 23.7 Å². The molecule has 0 fully saturated rings. The zero-order chi connectivity index (χ0) is 17.5. The van der Waals surface area contributed by atoms with Crippen LogP contribution in [0.25, 0.3) is 5.57 Å². The quantitative estimate of drug-likeness (QED) is 0.791. The van der Waals surface area contributed by atoms with Crippen LogP contribution in [0.1, 0.15) is 5.56 Å². The molecule has 0 saturated carbocycles. The van der Waals surface area contributed by atoms with Gasteiger partial charge in [0.15, 0.2) is 5.84 Å². The van der Waals surface area contributed by atoms with Crippen molar-refractivity contribution in [3.05, 3.63) is 35.9 Å². The molecule has 0 aliphatic carbocycles. The third kappa shape index (κ3) is 3.70. The van der Waals surface area contributed by atoms with Gasteiger partial charge in [-0.25, -0.2) is 13.4 Å². The number of benzene rings is 1. The molecule has 2 aliphatic heterocycles. The average Bonchev–Trinajstić information content (AvgIpc) is 2.46. The Kier molecular flexibility index (Phi) is 4.04. The molecule has 0 unspecified atom stereocenters. The van der Waals surface area contributed by atoms with E-state index in [-0.39, 0.29) is 23.3 Å². The fourth-order valence-corrected chi connectivity index (χ4v) is 3.35. The van der Waals surface area contributed by atoms with Crippen molar-refractivity contribution in [3.63, 3.8) is 0 Å². The molecule has 2 aliphatic rings. The molecule has 0 radical (unpaired) electrons. The second-order valence-corrected chi connectivity index (χ2v) is 7.02. The minimum Gasteiger partial charge on any atom is -0.406 e. The standard InChI is InChI=1S/C13H9ClF3N3O3S/c14-11-7-10(12-19-24(21,22)6-5-20(12)18-11)8-1-3-9(4-2-8)23-13(15,16)17/h1-4,7H,5-6H2. The van der Waals surface area contributed by atoms with Crippen LogP contribution < -0.4 is 4.74 Å². The van der Waals surface area contributed by atoms with Crippen molar-refractivity contribution in [3.8, 4) is 5.75 Å². The van der Waals surface area contributed by atoms with E-state index in [1.807, 2.05) is 0 Å². The maximum atomic E-state index is 12.2. The molecule has 2 heterocycles. The van der Waals surface area contributed by atoms with E-state index in [2.05, 4.69) is 14.2 Å². The largest absolute Gasteiger partial charge is 0.573 e. The smallest absolute Gasteiger partial charge is 0.406 e. The number of hydrazone groups is 1. The Morgan fingerprint density at radius 2 is 1.88 bits per heavy atom. The average molecular weight is 380 g/mol. The highest BCUT2D eigenvalue weighted by Crippen LogP contribution is 2.29. The zero-order valence-corrected chi connectivity index (χ0v) is 13.4. The summed E-state index contributed by atoms with van der Waals surface area (Å²) in [5.41, 5.74) is 0.773. The van der Waals surface area contributed by atoms with Crippen LogP contribution in [0.15, 0.2) is 39.8 Å². The number of ether oxygens (including phenoxy) is 1. The Hall–Kier alpha value is -2.07. The van der Waals surface area contributed by atoms with Crippen LogP contribution in [0.2, 0.25) is 0 Å². The third-order valence-corrected chi connectivity index (χ3v) is 4.48. The lowest BCUT2D eigenvalue weighted by molar-refractivity contribution is -0.274. The first-order chi connectivity index (χ1) is 11.1. The molecule has 3 rings (SSSR count). The molecule has 0 amide bonds. The number of hydrogen-bond acceptors (Lipinski definition) is 5. The summed E-state index contributed by atoms with van der Waals surface area (Å²) in [4.78, 5) is 0. The number of halogens is 4. The van der Waals surface area contributed by atoms with Gasteiger partial charge in [-0.15, -0.1) is 17.6 Å². The summed E-state index contributed by atoms with van der Waals surface area (Å²) in [6, 6.07) is 4.94. The van der Waals surface area contributed by atoms with E-state index in [1.54, 1.807) is 0 Å². The molecular formula is C13H9ClF3N3O3S. The van der Waals surface area contributed by atoms with Crippen LogP contribution >= 0.6 is 11.6 Å². The van der Waals surface area contributed by atoms with Crippen molar-refractivity contribution in [2.75, 3.05) is 12.3 Å². The molecule has 11 heteroatoms. The molecule has 128 valence electrons. The Bertz CT molecular complexity index is 861. The Labute approximate surface area is 139 Å². The molecule has 24 heavy (non-hydrogen) atoms. The van der Waals surface area contributed by atoms with E-state index in [0.29, 0.717) is 11.1 Å². The van der Waals surface area contributed by atoms with Gasteiger partial charge in [0.2, 0.25) is 0 Å². The molecule has 1 aromatic carbocycles. The van der Waals surface area contributed by atoms with Gasteiger partial charge in [-0.2, -0.15) is 5.10 Å². The highest BCUT2D eigenvalue weighted by atomic mass is 35.5. The number of alkyl halides is 3. The monoisotopic (exact) mass is 379 g/mol. The van der Waals surface area contributed by atoms with Crippen molar-refractivity contribution < 1.29 is 26.3 Å². The van der Waals surface area contributed by atoms with E-state index >= 15 is 0 Å². The van der Waals surface area contributed by atoms with Crippen molar-refractivity contribution >= 4 is 38.2 Å². The van der Waals surface area contributed by atoms with Crippen LogP contribution in [0.4, 0.5) is 13.2 Å². The highest BCUT2D eigenvalue weighted by Gasteiger charge is 2.32. The molecule has 0 bridgehead atoms. The van der Waals surface area contributed by atoms with Crippen LogP contribution in [0.3, 0.4) is 0 Å². The normalized spacial score (nSPS) is 19.8. The lowest BCUT2D eigenvalue weighted by Gasteiger charge is -2.28. The molecule has 6 nitrogen and oxygen atoms in total. The molecule has 0 saturated heterocycles. The summed E-state index contributed by atoms with van der Waals surface area (Å²) >= 11 is 5.92. The summed E-state index contributed by atoms with van der Waals surface area (Å²) in [6.07, 6.45) is -3.39. The van der Waals surface area contributed by atoms with Crippen molar-refractivity contribution in [2.24, 2.45) is 9.50 Å². The van der Waals surface area contributed by atoms with Crippen molar-refractivity contribution in [1.82, 2.24) is 5.01 Å². The number of allylic oxidation sites excluding steroid dienone is 1. The van der Waals surface area contributed by atoms with Gasteiger partial charge in [0.05, 0.1) is 12.3 Å². The molecule has 1 aromatic rings. The fourth-order valence-electron chi connectivity index (χ4n) is 2.19. The topological polar surface area (TPSA) is 71.3 Å². The maximum Gasteiger partial charge on any atom is 0.573 e. The SMILES string of the molecule is O=S1(=O)CCN2N=C(Cl)C=C(c3ccc(OC(F)(F)F)cc3)C2=N1. The lowest BCUT2D eigenvalue weighted by Crippen LogP contribution is -2.38. The summed E-state index contributed by atoms with van der Waals surface area (Å²) in [5.74, 6) is -0.511. The second kappa shape index (κ2) is 5.78. The second-order valence-electron chi connectivity index (χ2n) is 4.88. The van der Waals surface area contributed by atoms with Gasteiger partial charge in [0, 0.05) is 5.57 Å². The van der Waals surface area contributed by atoms with Gasteiger partial charge in [0.25, 0.3) is 10.0 Å². The first kappa shape index (κ1) is 16.8. The fraction of sp³-hybridized carbons (Fsp3) is 0.231. The van der Waals surface area contributed by atoms with E-state index < -0.39 is 22.1 Å². The highest BCUT2D eigenvalue weighted by molar-refractivity contribution is 7.90. The summed E-state index contributed by atoms with van der Waals surface area (Å²) < 4.78 is 67.5. The van der Waals surface area contributed by atoms with Crippen LogP contribution in [-0.4, -0.2) is 43.1 Å².